The Kier molecular flexibility index (Phi) is 3.29. The summed E-state index contributed by atoms with van der Waals surface area (Å²) in [5.74, 6) is 0. The van der Waals surface area contributed by atoms with Crippen molar-refractivity contribution in [1.82, 2.24) is 25.1 Å². The molecule has 100 valence electrons. The molecule has 1 fully saturated rings. The zero-order valence-corrected chi connectivity index (χ0v) is 11.4. The third-order valence-electron chi connectivity index (χ3n) is 3.73. The van der Waals surface area contributed by atoms with Crippen molar-refractivity contribution in [1.29, 1.82) is 0 Å². The number of nitrogens with one attached hydrogen (secondary N) is 1. The number of rotatable bonds is 3. The quantitative estimate of drug-likeness (QED) is 0.917. The van der Waals surface area contributed by atoms with Crippen LogP contribution in [0.5, 0.6) is 0 Å². The first-order chi connectivity index (χ1) is 9.25. The summed E-state index contributed by atoms with van der Waals surface area (Å²) in [5, 5.41) is 6.90. The predicted molar refractivity (Wildman–Crippen MR) is 73.4 cm³/mol. The molecule has 0 radical (unpaired) electrons. The fourth-order valence-corrected chi connectivity index (χ4v) is 2.79. The molecule has 3 rings (SSSR count). The Balaban J connectivity index is 1.91. The first kappa shape index (κ1) is 12.3. The largest absolute Gasteiger partial charge is 0.292 e. The van der Waals surface area contributed by atoms with E-state index in [1.165, 1.54) is 12.8 Å². The molecule has 1 saturated heterocycles. The van der Waals surface area contributed by atoms with Gasteiger partial charge in [-0.2, -0.15) is 5.10 Å². The Morgan fingerprint density at radius 2 is 2.26 bits per heavy atom. The molecule has 2 aromatic heterocycles. The second-order valence-corrected chi connectivity index (χ2v) is 5.29. The number of likely N-dealkylation sites (tertiary alicyclic amines) is 1. The number of H-pyrrole nitrogens is 1. The van der Waals surface area contributed by atoms with Gasteiger partial charge in [0, 0.05) is 12.2 Å². The van der Waals surface area contributed by atoms with Crippen LogP contribution in [0, 0.1) is 0 Å². The molecule has 19 heavy (non-hydrogen) atoms. The number of hydrogen-bond acceptors (Lipinski definition) is 4. The molecule has 1 aliphatic rings. The van der Waals surface area contributed by atoms with Gasteiger partial charge in [-0.1, -0.05) is 0 Å². The first-order valence-electron chi connectivity index (χ1n) is 6.83. The maximum atomic E-state index is 4.75. The van der Waals surface area contributed by atoms with Gasteiger partial charge in [-0.05, 0) is 39.3 Å². The standard InChI is InChI=1S/C14H19N5/c1-10(2)19-7-3-4-14(19)13-9-15-8-12(17-13)11-5-6-16-18-11/h5-6,8-10,14H,3-4,7H2,1-2H3,(H,16,18)/t14-/m0/s1. The third kappa shape index (κ3) is 2.38. The maximum absolute atomic E-state index is 4.75. The van der Waals surface area contributed by atoms with E-state index in [4.69, 9.17) is 4.98 Å². The number of nitrogens with zero attached hydrogens (tertiary/aromatic N) is 4. The normalized spacial score (nSPS) is 20.3. The molecule has 0 saturated carbocycles. The highest BCUT2D eigenvalue weighted by Crippen LogP contribution is 2.32. The summed E-state index contributed by atoms with van der Waals surface area (Å²) in [6.07, 6.45) is 7.81. The van der Waals surface area contributed by atoms with E-state index in [0.29, 0.717) is 12.1 Å². The topological polar surface area (TPSA) is 57.7 Å². The zero-order valence-electron chi connectivity index (χ0n) is 11.4. The van der Waals surface area contributed by atoms with Crippen LogP contribution < -0.4 is 0 Å². The van der Waals surface area contributed by atoms with Gasteiger partial charge in [-0.25, -0.2) is 4.98 Å². The van der Waals surface area contributed by atoms with Gasteiger partial charge in [-0.15, -0.1) is 0 Å². The smallest absolute Gasteiger partial charge is 0.107 e. The van der Waals surface area contributed by atoms with Crippen LogP contribution in [-0.2, 0) is 0 Å². The van der Waals surface area contributed by atoms with Crippen LogP contribution in [0.2, 0.25) is 0 Å². The highest BCUT2D eigenvalue weighted by atomic mass is 15.2. The lowest BCUT2D eigenvalue weighted by atomic mass is 10.1. The van der Waals surface area contributed by atoms with E-state index in [9.17, 15) is 0 Å². The van der Waals surface area contributed by atoms with Crippen LogP contribution in [0.1, 0.15) is 38.4 Å². The highest BCUT2D eigenvalue weighted by molar-refractivity contribution is 5.51. The molecule has 0 unspecified atom stereocenters. The Morgan fingerprint density at radius 3 is 3.00 bits per heavy atom. The van der Waals surface area contributed by atoms with Crippen molar-refractivity contribution in [2.75, 3.05) is 6.54 Å². The summed E-state index contributed by atoms with van der Waals surface area (Å²) in [7, 11) is 0. The van der Waals surface area contributed by atoms with Gasteiger partial charge < -0.3 is 0 Å². The highest BCUT2D eigenvalue weighted by Gasteiger charge is 2.29. The van der Waals surface area contributed by atoms with E-state index >= 15 is 0 Å². The van der Waals surface area contributed by atoms with Crippen LogP contribution in [0.4, 0.5) is 0 Å². The van der Waals surface area contributed by atoms with Crippen molar-refractivity contribution in [2.45, 2.75) is 38.8 Å². The van der Waals surface area contributed by atoms with Crippen molar-refractivity contribution in [2.24, 2.45) is 0 Å². The molecule has 0 bridgehead atoms. The van der Waals surface area contributed by atoms with E-state index in [2.05, 4.69) is 33.9 Å². The molecule has 0 aromatic carbocycles. The average molecular weight is 257 g/mol. The van der Waals surface area contributed by atoms with Crippen molar-refractivity contribution in [3.8, 4) is 11.4 Å². The molecular formula is C14H19N5. The minimum Gasteiger partial charge on any atom is -0.292 e. The van der Waals surface area contributed by atoms with Crippen LogP contribution in [0.25, 0.3) is 11.4 Å². The molecule has 5 heteroatoms. The van der Waals surface area contributed by atoms with Gasteiger partial charge in [0.1, 0.15) is 5.69 Å². The van der Waals surface area contributed by atoms with E-state index in [-0.39, 0.29) is 0 Å². The molecule has 5 nitrogen and oxygen atoms in total. The van der Waals surface area contributed by atoms with Crippen LogP contribution in [0.15, 0.2) is 24.7 Å². The van der Waals surface area contributed by atoms with Gasteiger partial charge in [0.05, 0.1) is 29.8 Å². The molecule has 0 spiro atoms. The number of aromatic nitrogens is 4. The second-order valence-electron chi connectivity index (χ2n) is 5.29. The summed E-state index contributed by atoms with van der Waals surface area (Å²) in [5.41, 5.74) is 2.85. The molecule has 2 aromatic rings. The average Bonchev–Trinajstić information content (AvgIpc) is 3.10. The van der Waals surface area contributed by atoms with E-state index < -0.39 is 0 Å². The fourth-order valence-electron chi connectivity index (χ4n) is 2.79. The van der Waals surface area contributed by atoms with Crippen molar-refractivity contribution in [3.05, 3.63) is 30.4 Å². The minimum absolute atomic E-state index is 0.398. The molecule has 0 amide bonds. The van der Waals surface area contributed by atoms with E-state index in [1.807, 2.05) is 12.3 Å². The van der Waals surface area contributed by atoms with Gasteiger partial charge >= 0.3 is 0 Å². The van der Waals surface area contributed by atoms with E-state index in [1.54, 1.807) is 12.4 Å². The Morgan fingerprint density at radius 1 is 1.37 bits per heavy atom. The lowest BCUT2D eigenvalue weighted by Gasteiger charge is -2.27. The predicted octanol–water partition coefficient (Wildman–Crippen LogP) is 2.41. The Hall–Kier alpha value is -1.75. The Bertz CT molecular complexity index is 535. The number of aromatic amines is 1. The van der Waals surface area contributed by atoms with Crippen LogP contribution in [0.3, 0.4) is 0 Å². The molecular weight excluding hydrogens is 238 g/mol. The van der Waals surface area contributed by atoms with Crippen molar-refractivity contribution in [3.63, 3.8) is 0 Å². The van der Waals surface area contributed by atoms with Crippen molar-refractivity contribution < 1.29 is 0 Å². The van der Waals surface area contributed by atoms with Crippen molar-refractivity contribution >= 4 is 0 Å². The summed E-state index contributed by atoms with van der Waals surface area (Å²) in [6, 6.07) is 2.86. The summed E-state index contributed by atoms with van der Waals surface area (Å²) < 4.78 is 0. The summed E-state index contributed by atoms with van der Waals surface area (Å²) >= 11 is 0. The molecule has 1 atom stereocenters. The molecule has 1 aliphatic heterocycles. The van der Waals surface area contributed by atoms with Gasteiger partial charge in [0.2, 0.25) is 0 Å². The SMILES string of the molecule is CC(C)N1CCC[C@H]1c1cncc(-c2ccn[nH]2)n1. The van der Waals surface area contributed by atoms with Crippen LogP contribution >= 0.6 is 0 Å². The van der Waals surface area contributed by atoms with Crippen LogP contribution in [-0.4, -0.2) is 37.7 Å². The minimum atomic E-state index is 0.398. The second kappa shape index (κ2) is 5.09. The lowest BCUT2D eigenvalue weighted by Crippen LogP contribution is -2.30. The first-order valence-corrected chi connectivity index (χ1v) is 6.83. The van der Waals surface area contributed by atoms with Gasteiger partial charge in [-0.3, -0.25) is 15.0 Å². The van der Waals surface area contributed by atoms with Gasteiger partial charge in [0.25, 0.3) is 0 Å². The molecule has 3 heterocycles. The van der Waals surface area contributed by atoms with Gasteiger partial charge in [0.15, 0.2) is 0 Å². The maximum Gasteiger partial charge on any atom is 0.107 e. The molecule has 1 N–H and O–H groups in total. The Labute approximate surface area is 113 Å². The molecule has 0 aliphatic carbocycles. The monoisotopic (exact) mass is 257 g/mol. The van der Waals surface area contributed by atoms with E-state index in [0.717, 1.165) is 23.6 Å². The summed E-state index contributed by atoms with van der Waals surface area (Å²) in [6.45, 7) is 5.63. The fraction of sp³-hybridized carbons (Fsp3) is 0.500. The number of hydrogen-bond donors (Lipinski definition) is 1. The third-order valence-corrected chi connectivity index (χ3v) is 3.73. The zero-order chi connectivity index (χ0) is 13.2. The summed E-state index contributed by atoms with van der Waals surface area (Å²) in [4.78, 5) is 11.6. The lowest BCUT2D eigenvalue weighted by molar-refractivity contribution is 0.202.